The van der Waals surface area contributed by atoms with Crippen molar-refractivity contribution in [3.05, 3.63) is 24.3 Å². The van der Waals surface area contributed by atoms with Gasteiger partial charge >= 0.3 is 0 Å². The normalized spacial score (nSPS) is 11.9. The Bertz CT molecular complexity index is 558. The van der Waals surface area contributed by atoms with Gasteiger partial charge in [-0.2, -0.15) is 5.26 Å². The van der Waals surface area contributed by atoms with Crippen molar-refractivity contribution in [1.82, 2.24) is 5.32 Å². The number of rotatable bonds is 2. The highest BCUT2D eigenvalue weighted by molar-refractivity contribution is 8.13. The van der Waals surface area contributed by atoms with E-state index in [2.05, 4.69) is 10.3 Å². The Balaban J connectivity index is 3.00. The van der Waals surface area contributed by atoms with E-state index in [1.165, 1.54) is 36.0 Å². The van der Waals surface area contributed by atoms with Crippen LogP contribution in [0.15, 0.2) is 34.2 Å². The molecule has 0 aliphatic carbocycles. The van der Waals surface area contributed by atoms with Gasteiger partial charge in [-0.25, -0.2) is 18.5 Å². The van der Waals surface area contributed by atoms with Crippen LogP contribution in [0.25, 0.3) is 0 Å². The lowest BCUT2D eigenvalue weighted by molar-refractivity contribution is 0.598. The summed E-state index contributed by atoms with van der Waals surface area (Å²) in [6.45, 7) is 0. The molecule has 0 radical (unpaired) electrons. The van der Waals surface area contributed by atoms with Gasteiger partial charge in [-0.1, -0.05) is 11.8 Å². The largest absolute Gasteiger partial charge is 0.271 e. The quantitative estimate of drug-likeness (QED) is 0.357. The minimum Gasteiger partial charge on any atom is -0.271 e. The molecule has 0 aromatic heterocycles. The number of nitrogens with zero attached hydrogens (tertiary/aromatic N) is 2. The molecule has 17 heavy (non-hydrogen) atoms. The van der Waals surface area contributed by atoms with Gasteiger partial charge in [0.15, 0.2) is 11.4 Å². The van der Waals surface area contributed by atoms with Gasteiger partial charge in [0.05, 0.1) is 10.6 Å². The van der Waals surface area contributed by atoms with Crippen molar-refractivity contribution in [2.75, 3.05) is 6.26 Å². The molecule has 0 aliphatic rings. The van der Waals surface area contributed by atoms with Crippen molar-refractivity contribution in [2.45, 2.75) is 4.90 Å². The molecule has 0 saturated heterocycles. The lowest BCUT2D eigenvalue weighted by Crippen LogP contribution is -2.12. The minimum absolute atomic E-state index is 0.0235. The van der Waals surface area contributed by atoms with Crippen LogP contribution in [0.3, 0.4) is 0 Å². The lowest BCUT2D eigenvalue weighted by Gasteiger charge is -2.01. The van der Waals surface area contributed by atoms with Gasteiger partial charge in [-0.05, 0) is 30.5 Å². The molecule has 8 heteroatoms. The highest BCUT2D eigenvalue weighted by Gasteiger charge is 2.06. The smallest absolute Gasteiger partial charge is 0.238 e. The van der Waals surface area contributed by atoms with Crippen LogP contribution in [0, 0.1) is 11.5 Å². The SMILES string of the molecule is CSC(=Nc1ccc(S(N)(=O)=O)cc1)NC#N. The standard InChI is InChI=1S/C9H10N4O2S2/c1-16-9(12-6-10)13-7-2-4-8(5-3-7)17(11,14)15/h2-5H,1H3,(H,12,13)(H2,11,14,15). The fraction of sp³-hybridized carbons (Fsp3) is 0.111. The monoisotopic (exact) mass is 270 g/mol. The van der Waals surface area contributed by atoms with Crippen LogP contribution < -0.4 is 10.5 Å². The van der Waals surface area contributed by atoms with E-state index < -0.39 is 10.0 Å². The van der Waals surface area contributed by atoms with Crippen molar-refractivity contribution < 1.29 is 8.42 Å². The summed E-state index contributed by atoms with van der Waals surface area (Å²) in [4.78, 5) is 4.12. The molecule has 1 aromatic carbocycles. The predicted octanol–water partition coefficient (Wildman–Crippen LogP) is 0.755. The Hall–Kier alpha value is -1.56. The van der Waals surface area contributed by atoms with Gasteiger partial charge in [0, 0.05) is 0 Å². The zero-order valence-electron chi connectivity index (χ0n) is 8.91. The number of primary sulfonamides is 1. The van der Waals surface area contributed by atoms with E-state index in [1.807, 2.05) is 0 Å². The van der Waals surface area contributed by atoms with Gasteiger partial charge in [0.1, 0.15) is 0 Å². The Kier molecular flexibility index (Phi) is 4.51. The van der Waals surface area contributed by atoms with Crippen molar-refractivity contribution in [3.63, 3.8) is 0 Å². The summed E-state index contributed by atoms with van der Waals surface area (Å²) in [5, 5.41) is 16.2. The highest BCUT2D eigenvalue weighted by atomic mass is 32.2. The molecule has 0 unspecified atom stereocenters. The molecule has 0 spiro atoms. The fourth-order valence-electron chi connectivity index (χ4n) is 1.00. The number of hydrogen-bond donors (Lipinski definition) is 2. The summed E-state index contributed by atoms with van der Waals surface area (Å²) >= 11 is 1.27. The highest BCUT2D eigenvalue weighted by Crippen LogP contribution is 2.16. The molecule has 1 aromatic rings. The minimum atomic E-state index is -3.69. The molecule has 6 nitrogen and oxygen atoms in total. The Morgan fingerprint density at radius 2 is 2.06 bits per heavy atom. The number of nitrogens with one attached hydrogen (secondary N) is 1. The van der Waals surface area contributed by atoms with Crippen molar-refractivity contribution in [3.8, 4) is 6.19 Å². The van der Waals surface area contributed by atoms with E-state index in [0.29, 0.717) is 10.9 Å². The average Bonchev–Trinajstić information content (AvgIpc) is 2.28. The van der Waals surface area contributed by atoms with Crippen LogP contribution in [0.2, 0.25) is 0 Å². The van der Waals surface area contributed by atoms with Crippen molar-refractivity contribution in [2.24, 2.45) is 10.1 Å². The van der Waals surface area contributed by atoms with Crippen molar-refractivity contribution >= 4 is 32.6 Å². The second kappa shape index (κ2) is 5.67. The predicted molar refractivity (Wildman–Crippen MR) is 67.2 cm³/mol. The lowest BCUT2D eigenvalue weighted by atomic mass is 10.3. The van der Waals surface area contributed by atoms with Gasteiger partial charge in [0.2, 0.25) is 10.0 Å². The van der Waals surface area contributed by atoms with Crippen LogP contribution in [-0.2, 0) is 10.0 Å². The number of nitriles is 1. The third kappa shape index (κ3) is 4.07. The maximum absolute atomic E-state index is 11.0. The second-order valence-corrected chi connectivity index (χ2v) is 5.25. The first kappa shape index (κ1) is 13.5. The molecule has 0 atom stereocenters. The van der Waals surface area contributed by atoms with E-state index in [1.54, 1.807) is 12.4 Å². The first-order chi connectivity index (χ1) is 7.97. The van der Waals surface area contributed by atoms with Crippen molar-refractivity contribution in [1.29, 1.82) is 5.26 Å². The molecular weight excluding hydrogens is 260 g/mol. The summed E-state index contributed by atoms with van der Waals surface area (Å²) in [6.07, 6.45) is 3.52. The van der Waals surface area contributed by atoms with Gasteiger partial charge in [-0.15, -0.1) is 0 Å². The third-order valence-corrected chi connectivity index (χ3v) is 3.26. The molecule has 0 saturated carbocycles. The number of benzene rings is 1. The van der Waals surface area contributed by atoms with Crippen LogP contribution in [0.5, 0.6) is 0 Å². The molecular formula is C9H10N4O2S2. The summed E-state index contributed by atoms with van der Waals surface area (Å²) in [5.74, 6) is 0. The maximum atomic E-state index is 11.0. The molecule has 0 amide bonds. The van der Waals surface area contributed by atoms with Gasteiger partial charge < -0.3 is 0 Å². The van der Waals surface area contributed by atoms with Crippen LogP contribution >= 0.6 is 11.8 Å². The first-order valence-electron chi connectivity index (χ1n) is 4.38. The Morgan fingerprint density at radius 3 is 2.47 bits per heavy atom. The van der Waals surface area contributed by atoms with E-state index in [4.69, 9.17) is 10.4 Å². The summed E-state index contributed by atoms with van der Waals surface area (Å²) in [7, 11) is -3.69. The number of aliphatic imine (C=N–C) groups is 1. The fourth-order valence-corrected chi connectivity index (χ4v) is 1.86. The molecule has 0 heterocycles. The summed E-state index contributed by atoms with van der Waals surface area (Å²) in [5.41, 5.74) is 0.532. The average molecular weight is 270 g/mol. The van der Waals surface area contributed by atoms with E-state index in [0.717, 1.165) is 0 Å². The second-order valence-electron chi connectivity index (χ2n) is 2.90. The maximum Gasteiger partial charge on any atom is 0.238 e. The number of nitrogens with two attached hydrogens (primary N) is 1. The number of thioether (sulfide) groups is 1. The van der Waals surface area contributed by atoms with Gasteiger partial charge in [0.25, 0.3) is 0 Å². The summed E-state index contributed by atoms with van der Waals surface area (Å²) in [6, 6.07) is 5.74. The van der Waals surface area contributed by atoms with Crippen LogP contribution in [0.1, 0.15) is 0 Å². The Labute approximate surface area is 104 Å². The molecule has 0 aliphatic heterocycles. The van der Waals surface area contributed by atoms with Gasteiger partial charge in [-0.3, -0.25) is 5.32 Å². The number of hydrogen-bond acceptors (Lipinski definition) is 5. The van der Waals surface area contributed by atoms with E-state index in [9.17, 15) is 8.42 Å². The van der Waals surface area contributed by atoms with Crippen LogP contribution in [0.4, 0.5) is 5.69 Å². The number of sulfonamides is 1. The molecule has 3 N–H and O–H groups in total. The topological polar surface area (TPSA) is 108 Å². The summed E-state index contributed by atoms with van der Waals surface area (Å²) < 4.78 is 22.0. The number of amidine groups is 1. The molecule has 1 rings (SSSR count). The molecule has 0 bridgehead atoms. The first-order valence-corrected chi connectivity index (χ1v) is 7.15. The van der Waals surface area contributed by atoms with Crippen LogP contribution in [-0.4, -0.2) is 19.8 Å². The molecule has 0 fully saturated rings. The third-order valence-electron chi connectivity index (χ3n) is 1.75. The van der Waals surface area contributed by atoms with E-state index >= 15 is 0 Å². The Morgan fingerprint density at radius 1 is 1.47 bits per heavy atom. The molecule has 90 valence electrons. The van der Waals surface area contributed by atoms with E-state index in [-0.39, 0.29) is 4.90 Å². The zero-order chi connectivity index (χ0) is 12.9. The zero-order valence-corrected chi connectivity index (χ0v) is 10.5.